The Bertz CT molecular complexity index is 581. The molecule has 104 valence electrons. The van der Waals surface area contributed by atoms with E-state index in [0.717, 1.165) is 19.0 Å². The molecule has 2 rings (SSSR count). The summed E-state index contributed by atoms with van der Waals surface area (Å²) in [6.07, 6.45) is 4.49. The fourth-order valence-electron chi connectivity index (χ4n) is 1.75. The number of unbranched alkanes of at least 4 members (excludes halogenated alkanes) is 1. The first-order valence-corrected chi connectivity index (χ1v) is 6.59. The van der Waals surface area contributed by atoms with Crippen LogP contribution in [-0.4, -0.2) is 17.4 Å². The van der Waals surface area contributed by atoms with Crippen LogP contribution in [-0.2, 0) is 0 Å². The number of benzene rings is 1. The van der Waals surface area contributed by atoms with Gasteiger partial charge in [0, 0.05) is 11.8 Å². The van der Waals surface area contributed by atoms with Gasteiger partial charge in [0.05, 0.1) is 18.4 Å². The lowest BCUT2D eigenvalue weighted by Gasteiger charge is -2.06. The molecular formula is C16H16FNO2. The summed E-state index contributed by atoms with van der Waals surface area (Å²) in [6.45, 7) is 2.75. The van der Waals surface area contributed by atoms with Crippen molar-refractivity contribution in [3.05, 3.63) is 59.7 Å². The number of carbonyl (C=O) groups is 1. The fourth-order valence-corrected chi connectivity index (χ4v) is 1.75. The second-order valence-electron chi connectivity index (χ2n) is 4.41. The molecule has 0 saturated carbocycles. The van der Waals surface area contributed by atoms with Crippen molar-refractivity contribution < 1.29 is 13.9 Å². The Morgan fingerprint density at radius 2 is 2.00 bits per heavy atom. The van der Waals surface area contributed by atoms with Crippen LogP contribution < -0.4 is 4.74 Å². The van der Waals surface area contributed by atoms with Crippen LogP contribution in [0.3, 0.4) is 0 Å². The number of aromatic nitrogens is 1. The molecule has 1 aromatic heterocycles. The molecule has 0 atom stereocenters. The Hall–Kier alpha value is -2.23. The number of nitrogens with zero attached hydrogens (tertiary/aromatic N) is 1. The summed E-state index contributed by atoms with van der Waals surface area (Å²) in [7, 11) is 0. The van der Waals surface area contributed by atoms with Crippen LogP contribution in [0.15, 0.2) is 42.7 Å². The number of ether oxygens (including phenoxy) is 1. The standard InChI is InChI=1S/C16H16FNO2/c1-2-3-10-20-13-6-4-12(5-7-13)16(19)14-8-9-18-11-15(14)17/h4-9,11H,2-3,10H2,1H3. The molecular weight excluding hydrogens is 257 g/mol. The van der Waals surface area contributed by atoms with E-state index in [1.807, 2.05) is 0 Å². The molecule has 0 unspecified atom stereocenters. The molecule has 0 radical (unpaired) electrons. The van der Waals surface area contributed by atoms with Gasteiger partial charge in [-0.3, -0.25) is 9.78 Å². The van der Waals surface area contributed by atoms with Gasteiger partial charge in [0.2, 0.25) is 0 Å². The Balaban J connectivity index is 2.10. The zero-order chi connectivity index (χ0) is 14.4. The Morgan fingerprint density at radius 1 is 1.25 bits per heavy atom. The van der Waals surface area contributed by atoms with Crippen molar-refractivity contribution in [1.29, 1.82) is 0 Å². The summed E-state index contributed by atoms with van der Waals surface area (Å²) in [4.78, 5) is 15.8. The van der Waals surface area contributed by atoms with Gasteiger partial charge in [-0.15, -0.1) is 0 Å². The van der Waals surface area contributed by atoms with E-state index in [9.17, 15) is 9.18 Å². The van der Waals surface area contributed by atoms with E-state index in [1.54, 1.807) is 24.3 Å². The van der Waals surface area contributed by atoms with E-state index < -0.39 is 5.82 Å². The van der Waals surface area contributed by atoms with Crippen molar-refractivity contribution in [1.82, 2.24) is 4.98 Å². The summed E-state index contributed by atoms with van der Waals surface area (Å²) >= 11 is 0. The normalized spacial score (nSPS) is 10.3. The molecule has 0 bridgehead atoms. The lowest BCUT2D eigenvalue weighted by Crippen LogP contribution is -2.04. The van der Waals surface area contributed by atoms with Crippen LogP contribution >= 0.6 is 0 Å². The molecule has 3 nitrogen and oxygen atoms in total. The summed E-state index contributed by atoms with van der Waals surface area (Å²) in [5.41, 5.74) is 0.456. The third-order valence-corrected chi connectivity index (χ3v) is 2.90. The van der Waals surface area contributed by atoms with Gasteiger partial charge >= 0.3 is 0 Å². The van der Waals surface area contributed by atoms with Crippen molar-refractivity contribution in [2.75, 3.05) is 6.61 Å². The highest BCUT2D eigenvalue weighted by atomic mass is 19.1. The minimum Gasteiger partial charge on any atom is -0.494 e. The lowest BCUT2D eigenvalue weighted by atomic mass is 10.0. The average molecular weight is 273 g/mol. The number of carbonyl (C=O) groups excluding carboxylic acids is 1. The summed E-state index contributed by atoms with van der Waals surface area (Å²) in [5, 5.41) is 0. The average Bonchev–Trinajstić information content (AvgIpc) is 2.48. The Kier molecular flexibility index (Phi) is 4.82. The number of hydrogen-bond donors (Lipinski definition) is 0. The van der Waals surface area contributed by atoms with E-state index in [0.29, 0.717) is 17.9 Å². The van der Waals surface area contributed by atoms with Gasteiger partial charge in [0.15, 0.2) is 11.6 Å². The zero-order valence-electron chi connectivity index (χ0n) is 11.3. The van der Waals surface area contributed by atoms with E-state index in [4.69, 9.17) is 4.74 Å². The molecule has 0 aliphatic rings. The molecule has 2 aromatic rings. The zero-order valence-corrected chi connectivity index (χ0v) is 11.3. The molecule has 4 heteroatoms. The predicted octanol–water partition coefficient (Wildman–Crippen LogP) is 3.63. The number of rotatable bonds is 6. The van der Waals surface area contributed by atoms with Crippen molar-refractivity contribution in [2.45, 2.75) is 19.8 Å². The molecule has 0 aliphatic carbocycles. The molecule has 1 aromatic carbocycles. The topological polar surface area (TPSA) is 39.2 Å². The maximum Gasteiger partial charge on any atom is 0.196 e. The van der Waals surface area contributed by atoms with E-state index in [-0.39, 0.29) is 11.3 Å². The minimum absolute atomic E-state index is 0.0275. The van der Waals surface area contributed by atoms with Crippen molar-refractivity contribution in [2.24, 2.45) is 0 Å². The van der Waals surface area contributed by atoms with Crippen LogP contribution in [0.5, 0.6) is 5.75 Å². The minimum atomic E-state index is -0.610. The van der Waals surface area contributed by atoms with Gasteiger partial charge in [0.1, 0.15) is 5.75 Å². The van der Waals surface area contributed by atoms with E-state index >= 15 is 0 Å². The second kappa shape index (κ2) is 6.80. The maximum atomic E-state index is 13.5. The molecule has 0 saturated heterocycles. The number of ketones is 1. The molecule has 0 aliphatic heterocycles. The smallest absolute Gasteiger partial charge is 0.196 e. The lowest BCUT2D eigenvalue weighted by molar-refractivity contribution is 0.103. The Labute approximate surface area is 117 Å². The van der Waals surface area contributed by atoms with Crippen LogP contribution in [0, 0.1) is 5.82 Å². The molecule has 0 N–H and O–H groups in total. The third-order valence-electron chi connectivity index (χ3n) is 2.90. The highest BCUT2D eigenvalue weighted by Crippen LogP contribution is 2.17. The van der Waals surface area contributed by atoms with Gasteiger partial charge in [-0.1, -0.05) is 13.3 Å². The molecule has 1 heterocycles. The molecule has 0 amide bonds. The molecule has 0 fully saturated rings. The Morgan fingerprint density at radius 3 is 2.65 bits per heavy atom. The molecule has 0 spiro atoms. The van der Waals surface area contributed by atoms with Crippen molar-refractivity contribution >= 4 is 5.78 Å². The van der Waals surface area contributed by atoms with Crippen LogP contribution in [0.4, 0.5) is 4.39 Å². The fraction of sp³-hybridized carbons (Fsp3) is 0.250. The summed E-state index contributed by atoms with van der Waals surface area (Å²) < 4.78 is 19.0. The third kappa shape index (κ3) is 3.41. The van der Waals surface area contributed by atoms with Crippen LogP contribution in [0.2, 0.25) is 0 Å². The summed E-state index contributed by atoms with van der Waals surface area (Å²) in [6, 6.07) is 8.11. The van der Waals surface area contributed by atoms with Gasteiger partial charge in [-0.25, -0.2) is 4.39 Å². The number of halogens is 1. The number of pyridine rings is 1. The van der Waals surface area contributed by atoms with Gasteiger partial charge in [-0.05, 0) is 36.8 Å². The monoisotopic (exact) mass is 273 g/mol. The maximum absolute atomic E-state index is 13.5. The quantitative estimate of drug-likeness (QED) is 0.596. The first kappa shape index (κ1) is 14.2. The second-order valence-corrected chi connectivity index (χ2v) is 4.41. The van der Waals surface area contributed by atoms with Gasteiger partial charge in [0.25, 0.3) is 0 Å². The van der Waals surface area contributed by atoms with Crippen LogP contribution in [0.25, 0.3) is 0 Å². The SMILES string of the molecule is CCCCOc1ccc(C(=O)c2ccncc2F)cc1. The van der Waals surface area contributed by atoms with E-state index in [2.05, 4.69) is 11.9 Å². The molecule has 20 heavy (non-hydrogen) atoms. The van der Waals surface area contributed by atoms with Crippen molar-refractivity contribution in [3.63, 3.8) is 0 Å². The predicted molar refractivity (Wildman–Crippen MR) is 74.5 cm³/mol. The van der Waals surface area contributed by atoms with Crippen LogP contribution in [0.1, 0.15) is 35.7 Å². The van der Waals surface area contributed by atoms with Gasteiger partial charge in [-0.2, -0.15) is 0 Å². The number of hydrogen-bond acceptors (Lipinski definition) is 3. The van der Waals surface area contributed by atoms with E-state index in [1.165, 1.54) is 12.3 Å². The first-order valence-electron chi connectivity index (χ1n) is 6.59. The largest absolute Gasteiger partial charge is 0.494 e. The highest BCUT2D eigenvalue weighted by molar-refractivity contribution is 6.09. The van der Waals surface area contributed by atoms with Crippen molar-refractivity contribution in [3.8, 4) is 5.75 Å². The van der Waals surface area contributed by atoms with Gasteiger partial charge < -0.3 is 4.74 Å². The highest BCUT2D eigenvalue weighted by Gasteiger charge is 2.13. The first-order chi connectivity index (χ1) is 9.72. The summed E-state index contributed by atoms with van der Waals surface area (Å²) in [5.74, 6) is -0.254.